The summed E-state index contributed by atoms with van der Waals surface area (Å²) in [6, 6.07) is 8.39. The third kappa shape index (κ3) is 3.60. The van der Waals surface area contributed by atoms with Crippen molar-refractivity contribution >= 4 is 0 Å². The highest BCUT2D eigenvalue weighted by atomic mass is 16.5. The van der Waals surface area contributed by atoms with Crippen LogP contribution < -0.4 is 9.47 Å². The maximum absolute atomic E-state index is 5.89. The third-order valence-electron chi connectivity index (χ3n) is 4.01. The minimum atomic E-state index is 0.540. The van der Waals surface area contributed by atoms with Gasteiger partial charge in [-0.3, -0.25) is 4.90 Å². The van der Waals surface area contributed by atoms with Crippen molar-refractivity contribution in [3.05, 3.63) is 43.0 Å². The number of hydrogen-bond donors (Lipinski definition) is 0. The van der Waals surface area contributed by atoms with E-state index in [-0.39, 0.29) is 0 Å². The number of hydrogen-bond acceptors (Lipinski definition) is 4. The summed E-state index contributed by atoms with van der Waals surface area (Å²) in [6.45, 7) is 6.43. The van der Waals surface area contributed by atoms with Crippen LogP contribution in [-0.2, 0) is 0 Å². The first-order valence-electron chi connectivity index (χ1n) is 7.91. The number of benzene rings is 1. The quantitative estimate of drug-likeness (QED) is 0.788. The second-order valence-corrected chi connectivity index (χ2v) is 5.48. The molecule has 0 amide bonds. The van der Waals surface area contributed by atoms with Crippen LogP contribution in [-0.4, -0.2) is 47.3 Å². The smallest absolute Gasteiger partial charge is 0.161 e. The lowest BCUT2D eigenvalue weighted by atomic mass is 10.3. The zero-order valence-electron chi connectivity index (χ0n) is 13.0. The molecule has 1 saturated heterocycles. The van der Waals surface area contributed by atoms with Crippen LogP contribution in [0.4, 0.5) is 0 Å². The van der Waals surface area contributed by atoms with E-state index >= 15 is 0 Å². The minimum absolute atomic E-state index is 0.540. The van der Waals surface area contributed by atoms with E-state index in [2.05, 4.69) is 14.5 Å². The fourth-order valence-corrected chi connectivity index (χ4v) is 2.87. The summed E-state index contributed by atoms with van der Waals surface area (Å²) in [6.07, 6.45) is 6.97. The molecule has 2 aromatic rings. The van der Waals surface area contributed by atoms with E-state index in [1.54, 1.807) is 0 Å². The number of aromatic nitrogens is 2. The molecule has 1 atom stereocenters. The summed E-state index contributed by atoms with van der Waals surface area (Å²) in [7, 11) is 0. The molecule has 2 heterocycles. The van der Waals surface area contributed by atoms with Gasteiger partial charge in [0, 0.05) is 38.1 Å². The van der Waals surface area contributed by atoms with Crippen LogP contribution in [0.15, 0.2) is 43.0 Å². The fourth-order valence-electron chi connectivity index (χ4n) is 2.87. The van der Waals surface area contributed by atoms with Crippen LogP contribution in [0, 0.1) is 0 Å². The SMILES string of the molecule is CCOc1ccccc1OCCN1CCC(n2ccnc2)C1. The molecule has 0 N–H and O–H groups in total. The van der Waals surface area contributed by atoms with E-state index in [9.17, 15) is 0 Å². The van der Waals surface area contributed by atoms with E-state index in [1.807, 2.05) is 49.9 Å². The monoisotopic (exact) mass is 301 g/mol. The van der Waals surface area contributed by atoms with Gasteiger partial charge < -0.3 is 14.0 Å². The van der Waals surface area contributed by atoms with Gasteiger partial charge in [-0.15, -0.1) is 0 Å². The van der Waals surface area contributed by atoms with Gasteiger partial charge in [-0.25, -0.2) is 4.98 Å². The largest absolute Gasteiger partial charge is 0.490 e. The lowest BCUT2D eigenvalue weighted by Crippen LogP contribution is -2.26. The number of para-hydroxylation sites is 2. The van der Waals surface area contributed by atoms with E-state index in [0.717, 1.165) is 31.1 Å². The second-order valence-electron chi connectivity index (χ2n) is 5.48. The van der Waals surface area contributed by atoms with Gasteiger partial charge in [0.15, 0.2) is 11.5 Å². The number of likely N-dealkylation sites (tertiary alicyclic amines) is 1. The molecule has 0 spiro atoms. The Morgan fingerprint density at radius 2 is 2.05 bits per heavy atom. The maximum atomic E-state index is 5.89. The molecule has 22 heavy (non-hydrogen) atoms. The van der Waals surface area contributed by atoms with Crippen molar-refractivity contribution in [3.8, 4) is 11.5 Å². The second kappa shape index (κ2) is 7.31. The number of imidazole rings is 1. The molecule has 118 valence electrons. The van der Waals surface area contributed by atoms with Crippen molar-refractivity contribution in [2.45, 2.75) is 19.4 Å². The van der Waals surface area contributed by atoms with Gasteiger partial charge in [-0.2, -0.15) is 0 Å². The number of ether oxygens (including phenoxy) is 2. The van der Waals surface area contributed by atoms with Crippen molar-refractivity contribution in [1.29, 1.82) is 0 Å². The van der Waals surface area contributed by atoms with Gasteiger partial charge in [0.2, 0.25) is 0 Å². The van der Waals surface area contributed by atoms with Crippen LogP contribution in [0.2, 0.25) is 0 Å². The van der Waals surface area contributed by atoms with Gasteiger partial charge in [0.25, 0.3) is 0 Å². The highest BCUT2D eigenvalue weighted by Crippen LogP contribution is 2.26. The molecule has 1 fully saturated rings. The van der Waals surface area contributed by atoms with Crippen LogP contribution >= 0.6 is 0 Å². The zero-order chi connectivity index (χ0) is 15.2. The lowest BCUT2D eigenvalue weighted by Gasteiger charge is -2.17. The molecule has 3 rings (SSSR count). The van der Waals surface area contributed by atoms with Gasteiger partial charge in [0.1, 0.15) is 6.61 Å². The molecule has 1 aromatic heterocycles. The standard InChI is InChI=1S/C17H23N3O2/c1-2-21-16-5-3-4-6-17(16)22-12-11-19-9-7-15(13-19)20-10-8-18-14-20/h3-6,8,10,14-15H,2,7,9,11-13H2,1H3. The lowest BCUT2D eigenvalue weighted by molar-refractivity contribution is 0.222. The Hall–Kier alpha value is -2.01. The van der Waals surface area contributed by atoms with Crippen LogP contribution in [0.1, 0.15) is 19.4 Å². The van der Waals surface area contributed by atoms with E-state index in [1.165, 1.54) is 6.42 Å². The Labute approximate surface area is 131 Å². The van der Waals surface area contributed by atoms with E-state index in [0.29, 0.717) is 19.3 Å². The van der Waals surface area contributed by atoms with Gasteiger partial charge in [-0.05, 0) is 25.5 Å². The molecule has 0 aliphatic carbocycles. The Bertz CT molecular complexity index is 571. The maximum Gasteiger partial charge on any atom is 0.161 e. The molecule has 0 saturated carbocycles. The van der Waals surface area contributed by atoms with Gasteiger partial charge >= 0.3 is 0 Å². The minimum Gasteiger partial charge on any atom is -0.490 e. The van der Waals surface area contributed by atoms with E-state index in [4.69, 9.17) is 9.47 Å². The first-order valence-corrected chi connectivity index (χ1v) is 7.91. The fraction of sp³-hybridized carbons (Fsp3) is 0.471. The summed E-state index contributed by atoms with van der Waals surface area (Å²) < 4.78 is 13.7. The van der Waals surface area contributed by atoms with Crippen molar-refractivity contribution < 1.29 is 9.47 Å². The predicted octanol–water partition coefficient (Wildman–Crippen LogP) is 2.61. The third-order valence-corrected chi connectivity index (χ3v) is 4.01. The molecular formula is C17H23N3O2. The molecule has 1 unspecified atom stereocenters. The Balaban J connectivity index is 1.46. The molecule has 0 radical (unpaired) electrons. The molecule has 1 aliphatic heterocycles. The number of rotatable bonds is 7. The normalized spacial score (nSPS) is 18.5. The summed E-state index contributed by atoms with van der Waals surface area (Å²) in [5.41, 5.74) is 0. The topological polar surface area (TPSA) is 39.5 Å². The van der Waals surface area contributed by atoms with Crippen molar-refractivity contribution in [2.75, 3.05) is 32.8 Å². The van der Waals surface area contributed by atoms with Crippen molar-refractivity contribution in [3.63, 3.8) is 0 Å². The molecule has 1 aliphatic rings. The molecule has 1 aromatic carbocycles. The number of nitrogens with zero attached hydrogens (tertiary/aromatic N) is 3. The molecule has 0 bridgehead atoms. The van der Waals surface area contributed by atoms with E-state index < -0.39 is 0 Å². The Kier molecular flexibility index (Phi) is 4.96. The zero-order valence-corrected chi connectivity index (χ0v) is 13.0. The summed E-state index contributed by atoms with van der Waals surface area (Å²) in [4.78, 5) is 6.57. The summed E-state index contributed by atoms with van der Waals surface area (Å²) in [5.74, 6) is 1.65. The highest BCUT2D eigenvalue weighted by molar-refractivity contribution is 5.39. The first-order chi connectivity index (χ1) is 10.9. The molecule has 5 heteroatoms. The van der Waals surface area contributed by atoms with Gasteiger partial charge in [0.05, 0.1) is 12.9 Å². The molecule has 5 nitrogen and oxygen atoms in total. The van der Waals surface area contributed by atoms with Gasteiger partial charge in [-0.1, -0.05) is 12.1 Å². The highest BCUT2D eigenvalue weighted by Gasteiger charge is 2.23. The molecular weight excluding hydrogens is 278 g/mol. The van der Waals surface area contributed by atoms with Crippen LogP contribution in [0.3, 0.4) is 0 Å². The average molecular weight is 301 g/mol. The van der Waals surface area contributed by atoms with Crippen molar-refractivity contribution in [1.82, 2.24) is 14.5 Å². The average Bonchev–Trinajstić information content (AvgIpc) is 3.20. The summed E-state index contributed by atoms with van der Waals surface area (Å²) in [5, 5.41) is 0. The predicted molar refractivity (Wildman–Crippen MR) is 85.4 cm³/mol. The summed E-state index contributed by atoms with van der Waals surface area (Å²) >= 11 is 0. The first kappa shape index (κ1) is 14.9. The van der Waals surface area contributed by atoms with Crippen LogP contribution in [0.5, 0.6) is 11.5 Å². The Morgan fingerprint density at radius 1 is 1.23 bits per heavy atom. The van der Waals surface area contributed by atoms with Crippen molar-refractivity contribution in [2.24, 2.45) is 0 Å². The Morgan fingerprint density at radius 3 is 2.77 bits per heavy atom. The van der Waals surface area contributed by atoms with Crippen LogP contribution in [0.25, 0.3) is 0 Å².